The van der Waals surface area contributed by atoms with Gasteiger partial charge in [-0.1, -0.05) is 39.0 Å². The molecule has 3 nitrogen and oxygen atoms in total. The van der Waals surface area contributed by atoms with Crippen molar-refractivity contribution >= 4 is 5.69 Å². The van der Waals surface area contributed by atoms with E-state index in [9.17, 15) is 10.2 Å². The number of para-hydroxylation sites is 1. The van der Waals surface area contributed by atoms with Crippen molar-refractivity contribution in [1.29, 1.82) is 0 Å². The number of rotatable bonds is 7. The molecule has 0 amide bonds. The average molecular weight is 251 g/mol. The molecule has 0 saturated heterocycles. The third-order valence-corrected chi connectivity index (χ3v) is 3.45. The lowest BCUT2D eigenvalue weighted by Gasteiger charge is -2.27. The van der Waals surface area contributed by atoms with E-state index in [1.54, 1.807) is 0 Å². The highest BCUT2D eigenvalue weighted by molar-refractivity contribution is 5.58. The van der Waals surface area contributed by atoms with Crippen molar-refractivity contribution < 1.29 is 10.2 Å². The van der Waals surface area contributed by atoms with Crippen LogP contribution in [0.4, 0.5) is 5.69 Å². The zero-order valence-corrected chi connectivity index (χ0v) is 11.7. The Morgan fingerprint density at radius 3 is 1.94 bits per heavy atom. The number of aliphatic hydroxyl groups excluding tert-OH is 2. The molecule has 0 aliphatic heterocycles. The third-order valence-electron chi connectivity index (χ3n) is 3.45. The second-order valence-corrected chi connectivity index (χ2v) is 5.14. The fourth-order valence-electron chi connectivity index (χ4n) is 1.93. The van der Waals surface area contributed by atoms with E-state index in [0.717, 1.165) is 18.5 Å². The Hall–Kier alpha value is -1.06. The molecule has 0 unspecified atom stereocenters. The van der Waals surface area contributed by atoms with Crippen LogP contribution in [0.2, 0.25) is 0 Å². The summed E-state index contributed by atoms with van der Waals surface area (Å²) >= 11 is 0. The van der Waals surface area contributed by atoms with E-state index < -0.39 is 5.41 Å². The molecular weight excluding hydrogens is 226 g/mol. The predicted octanol–water partition coefficient (Wildman–Crippen LogP) is 2.21. The second kappa shape index (κ2) is 6.76. The summed E-state index contributed by atoms with van der Waals surface area (Å²) in [6.45, 7) is 6.68. The molecule has 0 aromatic heterocycles. The van der Waals surface area contributed by atoms with Crippen molar-refractivity contribution in [3.05, 3.63) is 29.3 Å². The topological polar surface area (TPSA) is 52.5 Å². The number of benzene rings is 1. The quantitative estimate of drug-likeness (QED) is 0.696. The summed E-state index contributed by atoms with van der Waals surface area (Å²) in [5.74, 6) is 0. The summed E-state index contributed by atoms with van der Waals surface area (Å²) in [5.41, 5.74) is 3.25. The van der Waals surface area contributed by atoms with E-state index >= 15 is 0 Å². The normalized spacial score (nSPS) is 11.6. The molecule has 102 valence electrons. The molecule has 0 spiro atoms. The Morgan fingerprint density at radius 2 is 1.56 bits per heavy atom. The molecule has 3 N–H and O–H groups in total. The first-order chi connectivity index (χ1) is 8.60. The van der Waals surface area contributed by atoms with Crippen LogP contribution in [0.1, 0.15) is 31.9 Å². The van der Waals surface area contributed by atoms with Gasteiger partial charge in [-0.05, 0) is 24.0 Å². The van der Waals surface area contributed by atoms with Crippen LogP contribution >= 0.6 is 0 Å². The van der Waals surface area contributed by atoms with Crippen LogP contribution in [0.5, 0.6) is 0 Å². The number of anilines is 1. The zero-order chi connectivity index (χ0) is 13.6. The lowest BCUT2D eigenvalue weighted by atomic mass is 9.92. The van der Waals surface area contributed by atoms with Crippen LogP contribution in [0.3, 0.4) is 0 Å². The van der Waals surface area contributed by atoms with E-state index in [4.69, 9.17) is 0 Å². The highest BCUT2D eigenvalue weighted by atomic mass is 16.3. The van der Waals surface area contributed by atoms with Crippen molar-refractivity contribution in [2.24, 2.45) is 5.41 Å². The minimum Gasteiger partial charge on any atom is -0.396 e. The summed E-state index contributed by atoms with van der Waals surface area (Å²) in [6.07, 6.45) is 1.95. The number of aliphatic hydroxyl groups is 2. The predicted molar refractivity (Wildman–Crippen MR) is 76.0 cm³/mol. The Labute approximate surface area is 110 Å². The van der Waals surface area contributed by atoms with Gasteiger partial charge in [-0.15, -0.1) is 0 Å². The molecule has 0 saturated carbocycles. The first-order valence-corrected chi connectivity index (χ1v) is 6.66. The van der Waals surface area contributed by atoms with E-state index in [0.29, 0.717) is 6.54 Å². The summed E-state index contributed by atoms with van der Waals surface area (Å²) < 4.78 is 0. The van der Waals surface area contributed by atoms with Gasteiger partial charge in [0.05, 0.1) is 13.2 Å². The van der Waals surface area contributed by atoms with Crippen molar-refractivity contribution in [3.63, 3.8) is 0 Å². The van der Waals surface area contributed by atoms with Gasteiger partial charge in [-0.2, -0.15) is 0 Å². The van der Waals surface area contributed by atoms with Crippen LogP contribution in [0.25, 0.3) is 0 Å². The summed E-state index contributed by atoms with van der Waals surface area (Å²) in [6, 6.07) is 6.33. The second-order valence-electron chi connectivity index (χ2n) is 5.14. The number of hydrogen-bond acceptors (Lipinski definition) is 3. The van der Waals surface area contributed by atoms with Crippen LogP contribution in [0.15, 0.2) is 18.2 Å². The lowest BCUT2D eigenvalue weighted by Crippen LogP contribution is -2.34. The maximum Gasteiger partial charge on any atom is 0.0523 e. The number of nitrogens with one attached hydrogen (secondary N) is 1. The van der Waals surface area contributed by atoms with Gasteiger partial charge in [0.2, 0.25) is 0 Å². The molecule has 0 atom stereocenters. The highest BCUT2D eigenvalue weighted by Gasteiger charge is 2.22. The maximum absolute atomic E-state index is 9.32. The summed E-state index contributed by atoms with van der Waals surface area (Å²) in [5, 5.41) is 22.0. The standard InChI is InChI=1S/C15H25NO2/c1-4-12-7-6-8-13(5-2)14(12)16-9-15(3,10-17)11-18/h6-8,16-18H,4-5,9-11H2,1-3H3. The number of aryl methyl sites for hydroxylation is 2. The molecule has 0 fully saturated rings. The zero-order valence-electron chi connectivity index (χ0n) is 11.7. The first-order valence-electron chi connectivity index (χ1n) is 6.66. The van der Waals surface area contributed by atoms with E-state index in [1.165, 1.54) is 11.1 Å². The molecule has 18 heavy (non-hydrogen) atoms. The van der Waals surface area contributed by atoms with Crippen molar-refractivity contribution in [2.45, 2.75) is 33.6 Å². The van der Waals surface area contributed by atoms with Crippen LogP contribution < -0.4 is 5.32 Å². The monoisotopic (exact) mass is 251 g/mol. The van der Waals surface area contributed by atoms with Gasteiger partial charge >= 0.3 is 0 Å². The largest absolute Gasteiger partial charge is 0.396 e. The molecule has 1 aromatic carbocycles. The van der Waals surface area contributed by atoms with Crippen LogP contribution in [0, 0.1) is 5.41 Å². The minimum atomic E-state index is -0.480. The fourth-order valence-corrected chi connectivity index (χ4v) is 1.93. The van der Waals surface area contributed by atoms with Crippen LogP contribution in [-0.4, -0.2) is 30.0 Å². The molecule has 0 aliphatic carbocycles. The van der Waals surface area contributed by atoms with Gasteiger partial charge in [0.25, 0.3) is 0 Å². The van der Waals surface area contributed by atoms with Gasteiger partial charge in [0.1, 0.15) is 0 Å². The maximum atomic E-state index is 9.32. The Balaban J connectivity index is 2.89. The highest BCUT2D eigenvalue weighted by Crippen LogP contribution is 2.24. The SMILES string of the molecule is CCc1cccc(CC)c1NCC(C)(CO)CO. The third kappa shape index (κ3) is 3.47. The van der Waals surface area contributed by atoms with Gasteiger partial charge in [-0.3, -0.25) is 0 Å². The van der Waals surface area contributed by atoms with Crippen molar-refractivity contribution in [2.75, 3.05) is 25.1 Å². The molecule has 1 aromatic rings. The van der Waals surface area contributed by atoms with Gasteiger partial charge in [-0.25, -0.2) is 0 Å². The summed E-state index contributed by atoms with van der Waals surface area (Å²) in [7, 11) is 0. The Morgan fingerprint density at radius 1 is 1.06 bits per heavy atom. The molecule has 0 heterocycles. The molecular formula is C15H25NO2. The number of hydrogen-bond donors (Lipinski definition) is 3. The smallest absolute Gasteiger partial charge is 0.0523 e. The Bertz CT molecular complexity index is 351. The van der Waals surface area contributed by atoms with Crippen LogP contribution in [-0.2, 0) is 12.8 Å². The molecule has 3 heteroatoms. The van der Waals surface area contributed by atoms with E-state index in [1.807, 2.05) is 6.92 Å². The van der Waals surface area contributed by atoms with Crippen molar-refractivity contribution in [3.8, 4) is 0 Å². The fraction of sp³-hybridized carbons (Fsp3) is 0.600. The average Bonchev–Trinajstić information content (AvgIpc) is 2.44. The van der Waals surface area contributed by atoms with Gasteiger partial charge < -0.3 is 15.5 Å². The minimum absolute atomic E-state index is 0.0216. The van der Waals surface area contributed by atoms with E-state index in [-0.39, 0.29) is 13.2 Å². The van der Waals surface area contributed by atoms with E-state index in [2.05, 4.69) is 37.4 Å². The molecule has 0 radical (unpaired) electrons. The molecule has 0 bridgehead atoms. The lowest BCUT2D eigenvalue weighted by molar-refractivity contribution is 0.0806. The molecule has 0 aliphatic rings. The Kier molecular flexibility index (Phi) is 5.63. The van der Waals surface area contributed by atoms with Crippen molar-refractivity contribution in [1.82, 2.24) is 0 Å². The van der Waals surface area contributed by atoms with Gasteiger partial charge in [0.15, 0.2) is 0 Å². The first kappa shape index (κ1) is 15.0. The summed E-state index contributed by atoms with van der Waals surface area (Å²) in [4.78, 5) is 0. The van der Waals surface area contributed by atoms with Gasteiger partial charge in [0, 0.05) is 17.6 Å². The molecule has 1 rings (SSSR count).